The van der Waals surface area contributed by atoms with Crippen LogP contribution in [0.4, 0.5) is 0 Å². The van der Waals surface area contributed by atoms with Crippen LogP contribution in [-0.2, 0) is 19.1 Å². The van der Waals surface area contributed by atoms with Crippen LogP contribution in [0.5, 0.6) is 0 Å². The minimum Gasteiger partial charge on any atom is -0.481 e. The number of methoxy groups -OCH3 is 1. The van der Waals surface area contributed by atoms with Crippen LogP contribution in [0, 0.1) is 11.8 Å². The lowest BCUT2D eigenvalue weighted by Gasteiger charge is -2.21. The molecule has 2 bridgehead atoms. The van der Waals surface area contributed by atoms with Crippen LogP contribution >= 0.6 is 0 Å². The number of carbonyl (C=O) groups excluding carboxylic acids is 1. The Morgan fingerprint density at radius 3 is 3.17 bits per heavy atom. The number of aliphatic carboxylic acids is 1. The average molecular weight is 253 g/mol. The van der Waals surface area contributed by atoms with E-state index in [1.165, 1.54) is 0 Å². The summed E-state index contributed by atoms with van der Waals surface area (Å²) in [4.78, 5) is 25.2. The molecule has 2 fully saturated rings. The predicted molar refractivity (Wildman–Crippen MR) is 59.8 cm³/mol. The molecule has 0 saturated carbocycles. The van der Waals surface area contributed by atoms with Gasteiger partial charge >= 0.3 is 5.97 Å². The number of carbonyl (C=O) groups is 2. The molecule has 3 aliphatic rings. The molecule has 6 nitrogen and oxygen atoms in total. The van der Waals surface area contributed by atoms with Gasteiger partial charge in [-0.2, -0.15) is 0 Å². The monoisotopic (exact) mass is 253 g/mol. The summed E-state index contributed by atoms with van der Waals surface area (Å²) in [6.07, 6.45) is 3.16. The van der Waals surface area contributed by atoms with E-state index in [-0.39, 0.29) is 5.91 Å². The first-order valence-corrected chi connectivity index (χ1v) is 5.97. The highest BCUT2D eigenvalue weighted by Crippen LogP contribution is 2.51. The Morgan fingerprint density at radius 2 is 2.50 bits per heavy atom. The summed E-state index contributed by atoms with van der Waals surface area (Å²) in [5, 5.41) is 9.25. The van der Waals surface area contributed by atoms with Crippen molar-refractivity contribution >= 4 is 11.9 Å². The molecule has 1 N–H and O–H groups in total. The van der Waals surface area contributed by atoms with Gasteiger partial charge in [0.15, 0.2) is 0 Å². The van der Waals surface area contributed by atoms with Crippen molar-refractivity contribution in [2.24, 2.45) is 11.8 Å². The molecule has 0 aromatic carbocycles. The first-order valence-electron chi connectivity index (χ1n) is 5.97. The molecule has 0 radical (unpaired) electrons. The van der Waals surface area contributed by atoms with Gasteiger partial charge in [0.2, 0.25) is 5.91 Å². The van der Waals surface area contributed by atoms with E-state index >= 15 is 0 Å². The molecule has 0 aliphatic carbocycles. The standard InChI is InChI=1S/C12H15NO5/c1-17-5-4-13-6-12-3-2-7(18-12)8(11(15)16)9(12)10(13)14/h2-3,7-9H,4-6H2,1H3,(H,15,16)/t7-,8?,9-,12?/m1/s1. The molecule has 1 spiro atoms. The molecule has 18 heavy (non-hydrogen) atoms. The Bertz CT molecular complexity index is 434. The highest BCUT2D eigenvalue weighted by Gasteiger charge is 2.66. The summed E-state index contributed by atoms with van der Waals surface area (Å²) in [6.45, 7) is 1.35. The lowest BCUT2D eigenvalue weighted by atomic mass is 9.77. The van der Waals surface area contributed by atoms with Gasteiger partial charge in [0, 0.05) is 13.7 Å². The number of ether oxygens (including phenoxy) is 2. The number of hydrogen-bond donors (Lipinski definition) is 1. The first-order chi connectivity index (χ1) is 8.59. The van der Waals surface area contributed by atoms with Crippen LogP contribution in [0.2, 0.25) is 0 Å². The number of nitrogens with zero attached hydrogens (tertiary/aromatic N) is 1. The van der Waals surface area contributed by atoms with Crippen molar-refractivity contribution in [1.29, 1.82) is 0 Å². The Labute approximate surface area is 104 Å². The zero-order chi connectivity index (χ0) is 12.9. The summed E-state index contributed by atoms with van der Waals surface area (Å²) in [6, 6.07) is 0. The summed E-state index contributed by atoms with van der Waals surface area (Å²) >= 11 is 0. The van der Waals surface area contributed by atoms with Gasteiger partial charge in [-0.1, -0.05) is 12.2 Å². The Hall–Kier alpha value is -1.40. The van der Waals surface area contributed by atoms with Gasteiger partial charge in [0.1, 0.15) is 11.5 Å². The van der Waals surface area contributed by atoms with Crippen LogP contribution < -0.4 is 0 Å². The quantitative estimate of drug-likeness (QED) is 0.683. The minimum atomic E-state index is -0.960. The fourth-order valence-electron chi connectivity index (χ4n) is 3.25. The van der Waals surface area contributed by atoms with Crippen molar-refractivity contribution in [3.05, 3.63) is 12.2 Å². The van der Waals surface area contributed by atoms with Gasteiger partial charge in [0.05, 0.1) is 25.2 Å². The molecule has 2 unspecified atom stereocenters. The van der Waals surface area contributed by atoms with Crippen molar-refractivity contribution in [3.63, 3.8) is 0 Å². The molecular weight excluding hydrogens is 238 g/mol. The second-order valence-corrected chi connectivity index (χ2v) is 4.99. The molecular formula is C12H15NO5. The van der Waals surface area contributed by atoms with Gasteiger partial charge in [-0.3, -0.25) is 9.59 Å². The van der Waals surface area contributed by atoms with Crippen molar-refractivity contribution in [3.8, 4) is 0 Å². The molecule has 3 heterocycles. The van der Waals surface area contributed by atoms with E-state index in [1.54, 1.807) is 18.1 Å². The average Bonchev–Trinajstić information content (AvgIpc) is 2.95. The Balaban J connectivity index is 1.87. The largest absolute Gasteiger partial charge is 0.481 e. The molecule has 1 amide bonds. The molecule has 6 heteroatoms. The van der Waals surface area contributed by atoms with Crippen LogP contribution in [0.25, 0.3) is 0 Å². The smallest absolute Gasteiger partial charge is 0.310 e. The Kier molecular flexibility index (Phi) is 2.46. The Morgan fingerprint density at radius 1 is 1.72 bits per heavy atom. The van der Waals surface area contributed by atoms with E-state index in [0.29, 0.717) is 19.7 Å². The lowest BCUT2D eigenvalue weighted by molar-refractivity contribution is -0.148. The lowest BCUT2D eigenvalue weighted by Crippen LogP contribution is -2.39. The van der Waals surface area contributed by atoms with Gasteiger partial charge in [0.25, 0.3) is 0 Å². The van der Waals surface area contributed by atoms with Crippen molar-refractivity contribution in [2.45, 2.75) is 11.7 Å². The van der Waals surface area contributed by atoms with E-state index in [4.69, 9.17) is 9.47 Å². The highest BCUT2D eigenvalue weighted by molar-refractivity contribution is 5.90. The molecule has 98 valence electrons. The molecule has 3 aliphatic heterocycles. The fourth-order valence-corrected chi connectivity index (χ4v) is 3.25. The van der Waals surface area contributed by atoms with Gasteiger partial charge in [-0.15, -0.1) is 0 Å². The second-order valence-electron chi connectivity index (χ2n) is 4.99. The highest BCUT2D eigenvalue weighted by atomic mass is 16.5. The first kappa shape index (κ1) is 11.7. The normalized spacial score (nSPS) is 40.6. The van der Waals surface area contributed by atoms with Gasteiger partial charge in [-0.25, -0.2) is 0 Å². The number of carboxylic acid groups (broad SMARTS) is 1. The molecule has 4 atom stereocenters. The summed E-state index contributed by atoms with van der Waals surface area (Å²) in [7, 11) is 1.57. The fraction of sp³-hybridized carbons (Fsp3) is 0.667. The van der Waals surface area contributed by atoms with E-state index < -0.39 is 29.5 Å². The molecule has 2 saturated heterocycles. The number of fused-ring (bicyclic) bond motifs is 1. The topological polar surface area (TPSA) is 76.1 Å². The van der Waals surface area contributed by atoms with Crippen LogP contribution in [0.3, 0.4) is 0 Å². The zero-order valence-corrected chi connectivity index (χ0v) is 10.0. The van der Waals surface area contributed by atoms with Gasteiger partial charge in [-0.05, 0) is 0 Å². The molecule has 3 rings (SSSR count). The number of amides is 1. The summed E-state index contributed by atoms with van der Waals surface area (Å²) < 4.78 is 10.7. The van der Waals surface area contributed by atoms with E-state index in [0.717, 1.165) is 0 Å². The second kappa shape index (κ2) is 3.80. The number of likely N-dealkylation sites (tertiary alicyclic amines) is 1. The van der Waals surface area contributed by atoms with E-state index in [1.807, 2.05) is 6.08 Å². The maximum atomic E-state index is 12.3. The maximum absolute atomic E-state index is 12.3. The van der Waals surface area contributed by atoms with Crippen molar-refractivity contribution in [2.75, 3.05) is 26.8 Å². The van der Waals surface area contributed by atoms with Crippen LogP contribution in [-0.4, -0.2) is 60.4 Å². The minimum absolute atomic E-state index is 0.133. The number of carboxylic acids is 1. The van der Waals surface area contributed by atoms with Crippen molar-refractivity contribution < 1.29 is 24.2 Å². The van der Waals surface area contributed by atoms with E-state index in [9.17, 15) is 14.7 Å². The number of hydrogen-bond acceptors (Lipinski definition) is 4. The predicted octanol–water partition coefficient (Wildman–Crippen LogP) is -0.501. The summed E-state index contributed by atoms with van der Waals surface area (Å²) in [5.41, 5.74) is -0.724. The van der Waals surface area contributed by atoms with Gasteiger partial charge < -0.3 is 19.5 Å². The van der Waals surface area contributed by atoms with E-state index in [2.05, 4.69) is 0 Å². The maximum Gasteiger partial charge on any atom is 0.310 e. The molecule has 0 aromatic heterocycles. The van der Waals surface area contributed by atoms with Crippen molar-refractivity contribution in [1.82, 2.24) is 4.90 Å². The SMILES string of the molecule is COCCN1CC23C=C[C@@H](O2)C(C(=O)O)[C@@H]3C1=O. The number of rotatable bonds is 4. The van der Waals surface area contributed by atoms with Crippen LogP contribution in [0.1, 0.15) is 0 Å². The summed E-state index contributed by atoms with van der Waals surface area (Å²) in [5.74, 6) is -2.43. The van der Waals surface area contributed by atoms with Crippen LogP contribution in [0.15, 0.2) is 12.2 Å². The third-order valence-corrected chi connectivity index (χ3v) is 4.03. The third kappa shape index (κ3) is 1.36. The zero-order valence-electron chi connectivity index (χ0n) is 10.0. The molecule has 0 aromatic rings. The third-order valence-electron chi connectivity index (χ3n) is 4.03.